The SMILES string of the molecule is Nc1ccc(-c2ccc(F)c(F)c2F)cn1. The van der Waals surface area contributed by atoms with Crippen LogP contribution in [-0.2, 0) is 0 Å². The summed E-state index contributed by atoms with van der Waals surface area (Å²) in [6, 6.07) is 4.96. The molecule has 5 heteroatoms. The molecule has 1 heterocycles. The number of pyridine rings is 1. The van der Waals surface area contributed by atoms with Crippen molar-refractivity contribution in [3.8, 4) is 11.1 Å². The van der Waals surface area contributed by atoms with Crippen LogP contribution >= 0.6 is 0 Å². The van der Waals surface area contributed by atoms with E-state index in [1.807, 2.05) is 0 Å². The first-order valence-electron chi connectivity index (χ1n) is 4.45. The Hall–Kier alpha value is -2.04. The van der Waals surface area contributed by atoms with Gasteiger partial charge in [0.25, 0.3) is 0 Å². The molecule has 0 radical (unpaired) electrons. The molecule has 0 saturated heterocycles. The number of rotatable bonds is 1. The van der Waals surface area contributed by atoms with E-state index in [0.717, 1.165) is 12.1 Å². The maximum absolute atomic E-state index is 13.4. The highest BCUT2D eigenvalue weighted by molar-refractivity contribution is 5.64. The minimum Gasteiger partial charge on any atom is -0.384 e. The van der Waals surface area contributed by atoms with Crippen molar-refractivity contribution in [3.05, 3.63) is 47.9 Å². The maximum Gasteiger partial charge on any atom is 0.195 e. The Bertz CT molecular complexity index is 523. The summed E-state index contributed by atoms with van der Waals surface area (Å²) in [5.74, 6) is -3.67. The summed E-state index contributed by atoms with van der Waals surface area (Å²) < 4.78 is 39.0. The average molecular weight is 224 g/mol. The third-order valence-corrected chi connectivity index (χ3v) is 2.13. The van der Waals surface area contributed by atoms with Crippen molar-refractivity contribution in [2.75, 3.05) is 5.73 Å². The van der Waals surface area contributed by atoms with E-state index in [1.165, 1.54) is 18.3 Å². The molecular weight excluding hydrogens is 217 g/mol. The van der Waals surface area contributed by atoms with Crippen LogP contribution in [0.25, 0.3) is 11.1 Å². The van der Waals surface area contributed by atoms with E-state index in [2.05, 4.69) is 4.98 Å². The molecule has 0 aliphatic carbocycles. The molecular formula is C11H7F3N2. The van der Waals surface area contributed by atoms with E-state index >= 15 is 0 Å². The molecule has 0 aliphatic heterocycles. The van der Waals surface area contributed by atoms with Gasteiger partial charge in [0.2, 0.25) is 0 Å². The van der Waals surface area contributed by atoms with Gasteiger partial charge in [-0.2, -0.15) is 0 Å². The second-order valence-corrected chi connectivity index (χ2v) is 3.19. The standard InChI is InChI=1S/C11H7F3N2/c12-8-3-2-7(10(13)11(8)14)6-1-4-9(15)16-5-6/h1-5H,(H2,15,16). The first-order valence-corrected chi connectivity index (χ1v) is 4.45. The molecule has 2 nitrogen and oxygen atoms in total. The molecule has 1 aromatic carbocycles. The fourth-order valence-electron chi connectivity index (χ4n) is 1.31. The fraction of sp³-hybridized carbons (Fsp3) is 0. The first-order chi connectivity index (χ1) is 7.59. The Morgan fingerprint density at radius 3 is 2.31 bits per heavy atom. The van der Waals surface area contributed by atoms with E-state index < -0.39 is 17.5 Å². The summed E-state index contributed by atoms with van der Waals surface area (Å²) >= 11 is 0. The van der Waals surface area contributed by atoms with Crippen molar-refractivity contribution in [3.63, 3.8) is 0 Å². The number of anilines is 1. The van der Waals surface area contributed by atoms with Crippen LogP contribution in [0.2, 0.25) is 0 Å². The topological polar surface area (TPSA) is 38.9 Å². The van der Waals surface area contributed by atoms with Crippen LogP contribution in [0.1, 0.15) is 0 Å². The number of benzene rings is 1. The van der Waals surface area contributed by atoms with Crippen molar-refractivity contribution < 1.29 is 13.2 Å². The summed E-state index contributed by atoms with van der Waals surface area (Å²) in [5, 5.41) is 0. The molecule has 82 valence electrons. The number of hydrogen-bond donors (Lipinski definition) is 1. The van der Waals surface area contributed by atoms with Crippen LogP contribution in [0.4, 0.5) is 19.0 Å². The number of halogens is 3. The predicted molar refractivity (Wildman–Crippen MR) is 54.0 cm³/mol. The highest BCUT2D eigenvalue weighted by Crippen LogP contribution is 2.25. The summed E-state index contributed by atoms with van der Waals surface area (Å²) in [4.78, 5) is 3.74. The van der Waals surface area contributed by atoms with Crippen LogP contribution in [0.15, 0.2) is 30.5 Å². The lowest BCUT2D eigenvalue weighted by molar-refractivity contribution is 0.449. The maximum atomic E-state index is 13.4. The van der Waals surface area contributed by atoms with E-state index in [9.17, 15) is 13.2 Å². The van der Waals surface area contributed by atoms with Crippen LogP contribution in [0.3, 0.4) is 0 Å². The van der Waals surface area contributed by atoms with E-state index in [4.69, 9.17) is 5.73 Å². The Morgan fingerprint density at radius 1 is 0.938 bits per heavy atom. The zero-order valence-electron chi connectivity index (χ0n) is 8.05. The minimum absolute atomic E-state index is 0.0496. The summed E-state index contributed by atoms with van der Waals surface area (Å²) in [6.07, 6.45) is 1.30. The number of aromatic nitrogens is 1. The molecule has 2 N–H and O–H groups in total. The molecule has 2 rings (SSSR count). The quantitative estimate of drug-likeness (QED) is 0.756. The smallest absolute Gasteiger partial charge is 0.195 e. The fourth-order valence-corrected chi connectivity index (χ4v) is 1.31. The second kappa shape index (κ2) is 3.84. The average Bonchev–Trinajstić information content (AvgIpc) is 2.28. The molecule has 0 amide bonds. The molecule has 0 atom stereocenters. The van der Waals surface area contributed by atoms with Crippen LogP contribution in [0.5, 0.6) is 0 Å². The van der Waals surface area contributed by atoms with Gasteiger partial charge in [-0.05, 0) is 24.3 Å². The van der Waals surface area contributed by atoms with Crippen molar-refractivity contribution in [1.82, 2.24) is 4.98 Å². The molecule has 0 fully saturated rings. The second-order valence-electron chi connectivity index (χ2n) is 3.19. The Morgan fingerprint density at radius 2 is 1.69 bits per heavy atom. The van der Waals surface area contributed by atoms with Gasteiger partial charge in [0.05, 0.1) is 0 Å². The number of nitrogens with zero attached hydrogens (tertiary/aromatic N) is 1. The van der Waals surface area contributed by atoms with Gasteiger partial charge in [-0.1, -0.05) is 0 Å². The van der Waals surface area contributed by atoms with Crippen molar-refractivity contribution in [2.24, 2.45) is 0 Å². The molecule has 0 spiro atoms. The summed E-state index contributed by atoms with van der Waals surface area (Å²) in [5.41, 5.74) is 5.65. The number of nitrogens with two attached hydrogens (primary N) is 1. The van der Waals surface area contributed by atoms with Crippen LogP contribution < -0.4 is 5.73 Å². The van der Waals surface area contributed by atoms with E-state index in [0.29, 0.717) is 5.56 Å². The normalized spacial score (nSPS) is 10.4. The largest absolute Gasteiger partial charge is 0.384 e. The Balaban J connectivity index is 2.57. The minimum atomic E-state index is -1.49. The first kappa shape index (κ1) is 10.5. The van der Waals surface area contributed by atoms with Gasteiger partial charge < -0.3 is 5.73 Å². The van der Waals surface area contributed by atoms with Crippen molar-refractivity contribution in [2.45, 2.75) is 0 Å². The highest BCUT2D eigenvalue weighted by Gasteiger charge is 2.14. The lowest BCUT2D eigenvalue weighted by atomic mass is 10.1. The monoisotopic (exact) mass is 224 g/mol. The van der Waals surface area contributed by atoms with E-state index in [-0.39, 0.29) is 11.4 Å². The molecule has 0 aliphatic rings. The highest BCUT2D eigenvalue weighted by atomic mass is 19.2. The molecule has 0 bridgehead atoms. The van der Waals surface area contributed by atoms with Gasteiger partial charge in [0.15, 0.2) is 17.5 Å². The third kappa shape index (κ3) is 1.71. The lowest BCUT2D eigenvalue weighted by Crippen LogP contribution is -1.95. The molecule has 1 aromatic heterocycles. The Labute approximate surface area is 89.5 Å². The number of hydrogen-bond acceptors (Lipinski definition) is 2. The summed E-state index contributed by atoms with van der Waals surface area (Å²) in [7, 11) is 0. The van der Waals surface area contributed by atoms with Gasteiger partial charge in [-0.25, -0.2) is 18.2 Å². The van der Waals surface area contributed by atoms with Crippen molar-refractivity contribution >= 4 is 5.82 Å². The summed E-state index contributed by atoms with van der Waals surface area (Å²) in [6.45, 7) is 0. The molecule has 16 heavy (non-hydrogen) atoms. The van der Waals surface area contributed by atoms with Crippen LogP contribution in [0, 0.1) is 17.5 Å². The molecule has 0 saturated carbocycles. The van der Waals surface area contributed by atoms with Gasteiger partial charge in [-0.3, -0.25) is 0 Å². The van der Waals surface area contributed by atoms with Gasteiger partial charge in [0, 0.05) is 17.3 Å². The third-order valence-electron chi connectivity index (χ3n) is 2.13. The van der Waals surface area contributed by atoms with E-state index in [1.54, 1.807) is 0 Å². The lowest BCUT2D eigenvalue weighted by Gasteiger charge is -2.04. The predicted octanol–water partition coefficient (Wildman–Crippen LogP) is 2.75. The van der Waals surface area contributed by atoms with Gasteiger partial charge in [0.1, 0.15) is 5.82 Å². The van der Waals surface area contributed by atoms with Crippen molar-refractivity contribution in [1.29, 1.82) is 0 Å². The zero-order chi connectivity index (χ0) is 11.7. The zero-order valence-corrected chi connectivity index (χ0v) is 8.05. The molecule has 0 unspecified atom stereocenters. The molecule has 2 aromatic rings. The van der Waals surface area contributed by atoms with Crippen LogP contribution in [-0.4, -0.2) is 4.98 Å². The van der Waals surface area contributed by atoms with Gasteiger partial charge >= 0.3 is 0 Å². The number of nitrogen functional groups attached to an aromatic ring is 1. The van der Waals surface area contributed by atoms with Gasteiger partial charge in [-0.15, -0.1) is 0 Å². The Kier molecular flexibility index (Phi) is 2.52.